The Bertz CT molecular complexity index is 343. The lowest BCUT2D eigenvalue weighted by molar-refractivity contribution is 0.366. The topological polar surface area (TPSA) is 51.0 Å². The summed E-state index contributed by atoms with van der Waals surface area (Å²) < 4.78 is 4.94. The van der Waals surface area contributed by atoms with Gasteiger partial charge < -0.3 is 9.84 Å². The molecule has 1 N–H and O–H groups in total. The summed E-state index contributed by atoms with van der Waals surface area (Å²) in [5.41, 5.74) is 0. The number of hydrogen-bond donors (Lipinski definition) is 1. The molecule has 3 rings (SSSR count). The molecule has 88 valence electrons. The lowest BCUT2D eigenvalue weighted by atomic mass is 9.98. The summed E-state index contributed by atoms with van der Waals surface area (Å²) in [7, 11) is 0. The average molecular weight is 221 g/mol. The molecule has 2 fully saturated rings. The van der Waals surface area contributed by atoms with Crippen molar-refractivity contribution >= 4 is 0 Å². The zero-order valence-electron chi connectivity index (χ0n) is 9.78. The standard InChI is InChI=1S/C12H19N3O/c1-8-14-12(15-16-8)7-13-6-11(9-2-3-9)10-4-5-10/h9-11,13H,2-7H2,1H3. The van der Waals surface area contributed by atoms with Crippen molar-refractivity contribution in [2.75, 3.05) is 6.54 Å². The van der Waals surface area contributed by atoms with Gasteiger partial charge in [0.25, 0.3) is 0 Å². The smallest absolute Gasteiger partial charge is 0.223 e. The van der Waals surface area contributed by atoms with E-state index in [0.29, 0.717) is 5.89 Å². The summed E-state index contributed by atoms with van der Waals surface area (Å²) in [4.78, 5) is 4.19. The minimum Gasteiger partial charge on any atom is -0.340 e. The Morgan fingerprint density at radius 1 is 1.31 bits per heavy atom. The minimum absolute atomic E-state index is 0.651. The van der Waals surface area contributed by atoms with Gasteiger partial charge in [-0.1, -0.05) is 5.16 Å². The van der Waals surface area contributed by atoms with Gasteiger partial charge in [0.05, 0.1) is 6.54 Å². The Morgan fingerprint density at radius 2 is 2.00 bits per heavy atom. The van der Waals surface area contributed by atoms with Crippen LogP contribution in [0.1, 0.15) is 37.4 Å². The summed E-state index contributed by atoms with van der Waals surface area (Å²) in [5.74, 6) is 4.35. The first kappa shape index (κ1) is 10.3. The number of rotatable bonds is 6. The van der Waals surface area contributed by atoms with Crippen LogP contribution in [0.15, 0.2) is 4.52 Å². The van der Waals surface area contributed by atoms with Crippen LogP contribution in [0, 0.1) is 24.7 Å². The molecule has 2 aliphatic rings. The first-order valence-electron chi connectivity index (χ1n) is 6.33. The number of nitrogens with zero attached hydrogens (tertiary/aromatic N) is 2. The number of aryl methyl sites for hydroxylation is 1. The van der Waals surface area contributed by atoms with Crippen molar-refractivity contribution in [1.29, 1.82) is 0 Å². The van der Waals surface area contributed by atoms with Crippen LogP contribution in [0.25, 0.3) is 0 Å². The Labute approximate surface area is 95.8 Å². The van der Waals surface area contributed by atoms with Crippen molar-refractivity contribution in [3.8, 4) is 0 Å². The predicted molar refractivity (Wildman–Crippen MR) is 59.7 cm³/mol. The van der Waals surface area contributed by atoms with Crippen molar-refractivity contribution in [1.82, 2.24) is 15.5 Å². The van der Waals surface area contributed by atoms with E-state index in [1.807, 2.05) is 6.92 Å². The Kier molecular flexibility index (Phi) is 2.67. The first-order chi connectivity index (χ1) is 7.83. The molecule has 1 heterocycles. The van der Waals surface area contributed by atoms with Gasteiger partial charge in [0.1, 0.15) is 0 Å². The third-order valence-corrected chi connectivity index (χ3v) is 3.69. The molecule has 2 saturated carbocycles. The summed E-state index contributed by atoms with van der Waals surface area (Å²) in [6.07, 6.45) is 5.79. The van der Waals surface area contributed by atoms with E-state index in [0.717, 1.165) is 36.7 Å². The van der Waals surface area contributed by atoms with Crippen LogP contribution in [-0.4, -0.2) is 16.7 Å². The average Bonchev–Trinajstić information content (AvgIpc) is 3.15. The number of aromatic nitrogens is 2. The first-order valence-corrected chi connectivity index (χ1v) is 6.33. The van der Waals surface area contributed by atoms with Gasteiger partial charge in [-0.05, 0) is 50.0 Å². The molecule has 2 aliphatic carbocycles. The molecule has 0 unspecified atom stereocenters. The van der Waals surface area contributed by atoms with E-state index in [2.05, 4.69) is 15.5 Å². The molecule has 1 aromatic heterocycles. The maximum atomic E-state index is 4.94. The van der Waals surface area contributed by atoms with E-state index in [4.69, 9.17) is 4.52 Å². The van der Waals surface area contributed by atoms with E-state index in [9.17, 15) is 0 Å². The van der Waals surface area contributed by atoms with E-state index in [1.165, 1.54) is 25.7 Å². The fourth-order valence-corrected chi connectivity index (χ4v) is 2.53. The quantitative estimate of drug-likeness (QED) is 0.797. The summed E-state index contributed by atoms with van der Waals surface area (Å²) in [5, 5.41) is 7.36. The van der Waals surface area contributed by atoms with Crippen LogP contribution in [0.3, 0.4) is 0 Å². The van der Waals surface area contributed by atoms with Gasteiger partial charge in [0.15, 0.2) is 5.82 Å². The SMILES string of the molecule is Cc1nc(CNCC(C2CC2)C2CC2)no1. The van der Waals surface area contributed by atoms with Gasteiger partial charge in [-0.15, -0.1) is 0 Å². The van der Waals surface area contributed by atoms with Crippen LogP contribution < -0.4 is 5.32 Å². The van der Waals surface area contributed by atoms with Crippen LogP contribution in [-0.2, 0) is 6.54 Å². The van der Waals surface area contributed by atoms with Gasteiger partial charge >= 0.3 is 0 Å². The largest absolute Gasteiger partial charge is 0.340 e. The van der Waals surface area contributed by atoms with Crippen LogP contribution >= 0.6 is 0 Å². The van der Waals surface area contributed by atoms with Gasteiger partial charge in [-0.2, -0.15) is 4.98 Å². The van der Waals surface area contributed by atoms with Crippen molar-refractivity contribution in [2.45, 2.75) is 39.2 Å². The van der Waals surface area contributed by atoms with Crippen molar-refractivity contribution in [3.05, 3.63) is 11.7 Å². The summed E-state index contributed by atoms with van der Waals surface area (Å²) in [6, 6.07) is 0. The number of nitrogens with one attached hydrogen (secondary N) is 1. The minimum atomic E-state index is 0.651. The molecule has 0 saturated heterocycles. The maximum absolute atomic E-state index is 4.94. The lowest BCUT2D eigenvalue weighted by Gasteiger charge is -2.15. The highest BCUT2D eigenvalue weighted by Crippen LogP contribution is 2.48. The Balaban J connectivity index is 1.44. The third kappa shape index (κ3) is 2.43. The monoisotopic (exact) mass is 221 g/mol. The highest BCUT2D eigenvalue weighted by molar-refractivity contribution is 4.93. The fourth-order valence-electron chi connectivity index (χ4n) is 2.53. The second kappa shape index (κ2) is 4.17. The molecule has 4 heteroatoms. The molecule has 0 atom stereocenters. The van der Waals surface area contributed by atoms with Crippen molar-refractivity contribution in [2.24, 2.45) is 17.8 Å². The molecule has 16 heavy (non-hydrogen) atoms. The normalized spacial score (nSPS) is 20.6. The molecular weight excluding hydrogens is 202 g/mol. The van der Waals surface area contributed by atoms with E-state index >= 15 is 0 Å². The zero-order valence-corrected chi connectivity index (χ0v) is 9.78. The lowest BCUT2D eigenvalue weighted by Crippen LogP contribution is -2.25. The van der Waals surface area contributed by atoms with Gasteiger partial charge in [-0.25, -0.2) is 0 Å². The summed E-state index contributed by atoms with van der Waals surface area (Å²) >= 11 is 0. The van der Waals surface area contributed by atoms with E-state index in [1.54, 1.807) is 0 Å². The van der Waals surface area contributed by atoms with Gasteiger partial charge in [0.2, 0.25) is 5.89 Å². The Hall–Kier alpha value is -0.900. The second-order valence-electron chi connectivity index (χ2n) is 5.20. The molecular formula is C12H19N3O. The van der Waals surface area contributed by atoms with E-state index in [-0.39, 0.29) is 0 Å². The Morgan fingerprint density at radius 3 is 2.50 bits per heavy atom. The third-order valence-electron chi connectivity index (χ3n) is 3.69. The predicted octanol–water partition coefficient (Wildman–Crippen LogP) is 1.90. The molecule has 0 bridgehead atoms. The highest BCUT2D eigenvalue weighted by Gasteiger charge is 2.40. The molecule has 0 amide bonds. The molecule has 0 aliphatic heterocycles. The number of hydrogen-bond acceptors (Lipinski definition) is 4. The van der Waals surface area contributed by atoms with Crippen LogP contribution in [0.4, 0.5) is 0 Å². The molecule has 0 aromatic carbocycles. The van der Waals surface area contributed by atoms with Crippen LogP contribution in [0.5, 0.6) is 0 Å². The molecule has 0 spiro atoms. The van der Waals surface area contributed by atoms with Gasteiger partial charge in [0, 0.05) is 6.92 Å². The highest BCUT2D eigenvalue weighted by atomic mass is 16.5. The molecule has 4 nitrogen and oxygen atoms in total. The van der Waals surface area contributed by atoms with Crippen molar-refractivity contribution in [3.63, 3.8) is 0 Å². The van der Waals surface area contributed by atoms with E-state index < -0.39 is 0 Å². The maximum Gasteiger partial charge on any atom is 0.223 e. The fraction of sp³-hybridized carbons (Fsp3) is 0.833. The zero-order chi connectivity index (χ0) is 11.0. The molecule has 0 radical (unpaired) electrons. The van der Waals surface area contributed by atoms with Gasteiger partial charge in [-0.3, -0.25) is 0 Å². The van der Waals surface area contributed by atoms with Crippen molar-refractivity contribution < 1.29 is 4.52 Å². The second-order valence-corrected chi connectivity index (χ2v) is 5.20. The van der Waals surface area contributed by atoms with Crippen LogP contribution in [0.2, 0.25) is 0 Å². The summed E-state index contributed by atoms with van der Waals surface area (Å²) in [6.45, 7) is 3.70. The molecule has 1 aromatic rings.